The van der Waals surface area contributed by atoms with Crippen LogP contribution in [0.3, 0.4) is 0 Å². The Morgan fingerprint density at radius 2 is 2.00 bits per heavy atom. The molecule has 0 aliphatic rings. The molecule has 1 amide bonds. The lowest BCUT2D eigenvalue weighted by Crippen LogP contribution is -2.37. The summed E-state index contributed by atoms with van der Waals surface area (Å²) in [5.41, 5.74) is 7.77. The highest BCUT2D eigenvalue weighted by Crippen LogP contribution is 2.11. The van der Waals surface area contributed by atoms with Crippen LogP contribution in [0.2, 0.25) is 0 Å². The zero-order chi connectivity index (χ0) is 12.8. The monoisotopic (exact) mass is 236 g/mol. The molecule has 0 bridgehead atoms. The lowest BCUT2D eigenvalue weighted by Gasteiger charge is -2.14. The first-order valence-corrected chi connectivity index (χ1v) is 5.75. The Bertz CT molecular complexity index is 362. The molecule has 17 heavy (non-hydrogen) atoms. The van der Waals surface area contributed by atoms with Gasteiger partial charge in [-0.2, -0.15) is 0 Å². The maximum Gasteiger partial charge on any atom is 0.241 e. The average Bonchev–Trinajstić information content (AvgIpc) is 2.35. The topological polar surface area (TPSA) is 75.4 Å². The number of carbonyl (C=O) groups excluding carboxylic acids is 1. The van der Waals surface area contributed by atoms with E-state index in [2.05, 4.69) is 5.32 Å². The molecule has 4 heteroatoms. The lowest BCUT2D eigenvalue weighted by atomic mass is 10.1. The number of aryl methyl sites for hydroxylation is 1. The number of carbonyl (C=O) groups is 1. The molecule has 4 N–H and O–H groups in total. The molecule has 0 spiro atoms. The Labute approximate surface area is 102 Å². The van der Waals surface area contributed by atoms with Crippen molar-refractivity contribution in [1.29, 1.82) is 0 Å². The standard InChI is InChI=1S/C13H20N2O2/c1-9-3-5-11(6-4-9)12(14)13(17)15-7-10(2)8-16/h3-6,10,12,16H,7-8,14H2,1-2H3,(H,15,17). The van der Waals surface area contributed by atoms with Crippen LogP contribution in [-0.2, 0) is 4.79 Å². The minimum absolute atomic E-state index is 0.0455. The SMILES string of the molecule is Cc1ccc(C(N)C(=O)NCC(C)CO)cc1. The molecule has 0 fully saturated rings. The van der Waals surface area contributed by atoms with Crippen LogP contribution >= 0.6 is 0 Å². The van der Waals surface area contributed by atoms with Crippen molar-refractivity contribution < 1.29 is 9.90 Å². The van der Waals surface area contributed by atoms with E-state index in [1.807, 2.05) is 38.1 Å². The van der Waals surface area contributed by atoms with Gasteiger partial charge in [0.2, 0.25) is 5.91 Å². The third-order valence-electron chi connectivity index (χ3n) is 2.66. The van der Waals surface area contributed by atoms with Gasteiger partial charge in [-0.3, -0.25) is 4.79 Å². The maximum absolute atomic E-state index is 11.7. The third kappa shape index (κ3) is 4.17. The Morgan fingerprint density at radius 3 is 2.53 bits per heavy atom. The van der Waals surface area contributed by atoms with Gasteiger partial charge in [-0.15, -0.1) is 0 Å². The van der Waals surface area contributed by atoms with Crippen molar-refractivity contribution in [2.45, 2.75) is 19.9 Å². The van der Waals surface area contributed by atoms with E-state index in [0.29, 0.717) is 6.54 Å². The summed E-state index contributed by atoms with van der Waals surface area (Å²) in [5.74, 6) is -0.168. The Kier molecular flexibility index (Phi) is 5.12. The molecule has 2 atom stereocenters. The molecule has 0 aliphatic carbocycles. The fourth-order valence-corrected chi connectivity index (χ4v) is 1.37. The van der Waals surface area contributed by atoms with Crippen LogP contribution in [-0.4, -0.2) is 24.2 Å². The number of nitrogens with one attached hydrogen (secondary N) is 1. The number of benzene rings is 1. The highest BCUT2D eigenvalue weighted by Gasteiger charge is 2.15. The number of hydrogen-bond donors (Lipinski definition) is 3. The Hall–Kier alpha value is -1.39. The van der Waals surface area contributed by atoms with Crippen molar-refractivity contribution in [2.24, 2.45) is 11.7 Å². The number of aliphatic hydroxyl groups is 1. The molecule has 4 nitrogen and oxygen atoms in total. The second-order valence-corrected chi connectivity index (χ2v) is 4.42. The van der Waals surface area contributed by atoms with E-state index in [4.69, 9.17) is 10.8 Å². The number of rotatable bonds is 5. The van der Waals surface area contributed by atoms with E-state index in [1.54, 1.807) is 0 Å². The first-order valence-electron chi connectivity index (χ1n) is 5.75. The van der Waals surface area contributed by atoms with Crippen molar-refractivity contribution in [2.75, 3.05) is 13.2 Å². The molecule has 0 aliphatic heterocycles. The van der Waals surface area contributed by atoms with Gasteiger partial charge in [0.05, 0.1) is 0 Å². The molecule has 0 saturated carbocycles. The predicted molar refractivity (Wildman–Crippen MR) is 67.4 cm³/mol. The van der Waals surface area contributed by atoms with E-state index in [-0.39, 0.29) is 18.4 Å². The lowest BCUT2D eigenvalue weighted by molar-refractivity contribution is -0.122. The van der Waals surface area contributed by atoms with Crippen LogP contribution in [0, 0.1) is 12.8 Å². The zero-order valence-electron chi connectivity index (χ0n) is 10.3. The highest BCUT2D eigenvalue weighted by molar-refractivity contribution is 5.82. The quantitative estimate of drug-likeness (QED) is 0.706. The van der Waals surface area contributed by atoms with Gasteiger partial charge in [-0.25, -0.2) is 0 Å². The number of hydrogen-bond acceptors (Lipinski definition) is 3. The van der Waals surface area contributed by atoms with Crippen molar-refractivity contribution in [3.63, 3.8) is 0 Å². The first-order chi connectivity index (χ1) is 8.04. The maximum atomic E-state index is 11.7. The molecule has 2 unspecified atom stereocenters. The van der Waals surface area contributed by atoms with Crippen LogP contribution in [0.1, 0.15) is 24.1 Å². The second-order valence-electron chi connectivity index (χ2n) is 4.42. The van der Waals surface area contributed by atoms with Crippen LogP contribution < -0.4 is 11.1 Å². The summed E-state index contributed by atoms with van der Waals surface area (Å²) in [4.78, 5) is 11.7. The van der Waals surface area contributed by atoms with E-state index < -0.39 is 6.04 Å². The number of nitrogens with two attached hydrogens (primary N) is 1. The summed E-state index contributed by atoms with van der Waals surface area (Å²) in [5, 5.41) is 11.6. The summed E-state index contributed by atoms with van der Waals surface area (Å²) < 4.78 is 0. The number of amides is 1. The molecule has 0 heterocycles. The van der Waals surface area contributed by atoms with Crippen LogP contribution in [0.15, 0.2) is 24.3 Å². The van der Waals surface area contributed by atoms with E-state index in [1.165, 1.54) is 0 Å². The second kappa shape index (κ2) is 6.37. The average molecular weight is 236 g/mol. The summed E-state index contributed by atoms with van der Waals surface area (Å²) >= 11 is 0. The van der Waals surface area contributed by atoms with Gasteiger partial charge in [0.1, 0.15) is 6.04 Å². The summed E-state index contributed by atoms with van der Waals surface area (Å²) in [6.07, 6.45) is 0. The van der Waals surface area contributed by atoms with Gasteiger partial charge < -0.3 is 16.2 Å². The predicted octanol–water partition coefficient (Wildman–Crippen LogP) is 0.739. The van der Waals surface area contributed by atoms with Gasteiger partial charge >= 0.3 is 0 Å². The molecule has 0 radical (unpaired) electrons. The molecular weight excluding hydrogens is 216 g/mol. The van der Waals surface area contributed by atoms with Crippen LogP contribution in [0.25, 0.3) is 0 Å². The van der Waals surface area contributed by atoms with Gasteiger partial charge in [-0.05, 0) is 18.4 Å². The minimum Gasteiger partial charge on any atom is -0.396 e. The van der Waals surface area contributed by atoms with Crippen LogP contribution in [0.5, 0.6) is 0 Å². The molecule has 94 valence electrons. The van der Waals surface area contributed by atoms with Crippen molar-refractivity contribution in [3.8, 4) is 0 Å². The summed E-state index contributed by atoms with van der Waals surface area (Å²) in [6, 6.07) is 6.92. The van der Waals surface area contributed by atoms with Gasteiger partial charge in [-0.1, -0.05) is 36.8 Å². The third-order valence-corrected chi connectivity index (χ3v) is 2.66. The molecule has 0 aromatic heterocycles. The molecule has 0 saturated heterocycles. The normalized spacial score (nSPS) is 14.1. The van der Waals surface area contributed by atoms with Gasteiger partial charge in [0.15, 0.2) is 0 Å². The molecule has 1 rings (SSSR count). The van der Waals surface area contributed by atoms with E-state index in [0.717, 1.165) is 11.1 Å². The smallest absolute Gasteiger partial charge is 0.241 e. The largest absolute Gasteiger partial charge is 0.396 e. The van der Waals surface area contributed by atoms with Crippen LogP contribution in [0.4, 0.5) is 0 Å². The highest BCUT2D eigenvalue weighted by atomic mass is 16.3. The molecular formula is C13H20N2O2. The first kappa shape index (κ1) is 13.7. The fourth-order valence-electron chi connectivity index (χ4n) is 1.37. The Balaban J connectivity index is 2.54. The minimum atomic E-state index is -0.651. The number of aliphatic hydroxyl groups excluding tert-OH is 1. The van der Waals surface area contributed by atoms with Crippen molar-refractivity contribution >= 4 is 5.91 Å². The Morgan fingerprint density at radius 1 is 1.41 bits per heavy atom. The van der Waals surface area contributed by atoms with Crippen molar-refractivity contribution in [3.05, 3.63) is 35.4 Å². The van der Waals surface area contributed by atoms with E-state index in [9.17, 15) is 4.79 Å². The summed E-state index contributed by atoms with van der Waals surface area (Å²) in [7, 11) is 0. The van der Waals surface area contributed by atoms with Gasteiger partial charge in [0.25, 0.3) is 0 Å². The fraction of sp³-hybridized carbons (Fsp3) is 0.462. The van der Waals surface area contributed by atoms with E-state index >= 15 is 0 Å². The van der Waals surface area contributed by atoms with Gasteiger partial charge in [0, 0.05) is 13.2 Å². The van der Waals surface area contributed by atoms with Crippen molar-refractivity contribution in [1.82, 2.24) is 5.32 Å². The molecule has 1 aromatic rings. The zero-order valence-corrected chi connectivity index (χ0v) is 10.3. The molecule has 1 aromatic carbocycles. The summed E-state index contributed by atoms with van der Waals surface area (Å²) in [6.45, 7) is 4.34.